The first-order valence-corrected chi connectivity index (χ1v) is 6.62. The number of rotatable bonds is 2. The summed E-state index contributed by atoms with van der Waals surface area (Å²) in [5, 5.41) is 1.31. The number of hydrogen-bond donors (Lipinski definition) is 2. The monoisotopic (exact) mass is 284 g/mol. The van der Waals surface area contributed by atoms with Gasteiger partial charge in [-0.1, -0.05) is 23.7 Å². The molecule has 0 saturated carbocycles. The van der Waals surface area contributed by atoms with Crippen LogP contribution in [0.2, 0.25) is 5.02 Å². The first kappa shape index (κ1) is 12.8. The largest absolute Gasteiger partial charge is 0.399 e. The number of fused-ring (bicyclic) bond motifs is 1. The summed E-state index contributed by atoms with van der Waals surface area (Å²) in [6.07, 6.45) is 1.73. The van der Waals surface area contributed by atoms with E-state index in [4.69, 9.17) is 17.3 Å². The first-order chi connectivity index (χ1) is 9.58. The van der Waals surface area contributed by atoms with Crippen LogP contribution in [0.15, 0.2) is 42.6 Å². The Kier molecular flexibility index (Phi) is 2.99. The fourth-order valence-electron chi connectivity index (χ4n) is 2.41. The van der Waals surface area contributed by atoms with Crippen molar-refractivity contribution in [1.82, 2.24) is 4.98 Å². The van der Waals surface area contributed by atoms with Crippen molar-refractivity contribution in [2.45, 2.75) is 6.92 Å². The standard InChI is InChI=1S/C16H13ClN2O/c1-9-3-2-4-14-15(9)12(8-19-14)16(20)11-6-5-10(18)7-13(11)17/h2-8,19H,18H2,1H3. The maximum absolute atomic E-state index is 12.7. The number of hydrogen-bond acceptors (Lipinski definition) is 2. The molecule has 3 N–H and O–H groups in total. The molecule has 100 valence electrons. The van der Waals surface area contributed by atoms with E-state index in [1.165, 1.54) is 0 Å². The Hall–Kier alpha value is -2.26. The Balaban J connectivity index is 2.18. The minimum Gasteiger partial charge on any atom is -0.399 e. The van der Waals surface area contributed by atoms with E-state index < -0.39 is 0 Å². The summed E-state index contributed by atoms with van der Waals surface area (Å²) in [5.74, 6) is -0.101. The Morgan fingerprint density at radius 1 is 1.20 bits per heavy atom. The van der Waals surface area contributed by atoms with E-state index >= 15 is 0 Å². The van der Waals surface area contributed by atoms with Gasteiger partial charge in [-0.15, -0.1) is 0 Å². The predicted octanol–water partition coefficient (Wildman–Crippen LogP) is 3.94. The number of anilines is 1. The van der Waals surface area contributed by atoms with Gasteiger partial charge in [0, 0.05) is 33.9 Å². The van der Waals surface area contributed by atoms with E-state index in [2.05, 4.69) is 4.98 Å². The van der Waals surface area contributed by atoms with E-state index in [0.29, 0.717) is 21.8 Å². The van der Waals surface area contributed by atoms with Gasteiger partial charge in [0.25, 0.3) is 0 Å². The van der Waals surface area contributed by atoms with Gasteiger partial charge in [0.2, 0.25) is 0 Å². The molecule has 1 aromatic heterocycles. The molecule has 20 heavy (non-hydrogen) atoms. The van der Waals surface area contributed by atoms with Gasteiger partial charge >= 0.3 is 0 Å². The minimum absolute atomic E-state index is 0.101. The summed E-state index contributed by atoms with van der Waals surface area (Å²) in [4.78, 5) is 15.8. The van der Waals surface area contributed by atoms with Crippen LogP contribution >= 0.6 is 11.6 Å². The van der Waals surface area contributed by atoms with Gasteiger partial charge in [-0.05, 0) is 36.8 Å². The highest BCUT2D eigenvalue weighted by atomic mass is 35.5. The number of nitrogens with one attached hydrogen (secondary N) is 1. The zero-order valence-corrected chi connectivity index (χ0v) is 11.7. The molecular weight excluding hydrogens is 272 g/mol. The average Bonchev–Trinajstić information content (AvgIpc) is 2.83. The van der Waals surface area contributed by atoms with Gasteiger partial charge in [-0.2, -0.15) is 0 Å². The summed E-state index contributed by atoms with van der Waals surface area (Å²) in [7, 11) is 0. The Labute approximate surface area is 121 Å². The number of aromatic nitrogens is 1. The molecule has 4 heteroatoms. The molecule has 0 amide bonds. The molecule has 3 nitrogen and oxygen atoms in total. The molecule has 0 aliphatic carbocycles. The number of ketones is 1. The molecule has 3 aromatic rings. The van der Waals surface area contributed by atoms with E-state index in [9.17, 15) is 4.79 Å². The zero-order chi connectivity index (χ0) is 14.3. The van der Waals surface area contributed by atoms with Crippen LogP contribution in [-0.2, 0) is 0 Å². The van der Waals surface area contributed by atoms with Crippen LogP contribution < -0.4 is 5.73 Å². The van der Waals surface area contributed by atoms with Gasteiger partial charge < -0.3 is 10.7 Å². The molecule has 0 radical (unpaired) electrons. The number of benzene rings is 2. The van der Waals surface area contributed by atoms with Crippen LogP contribution in [0, 0.1) is 6.92 Å². The van der Waals surface area contributed by atoms with E-state index in [1.54, 1.807) is 24.4 Å². The molecule has 1 heterocycles. The second-order valence-corrected chi connectivity index (χ2v) is 5.18. The van der Waals surface area contributed by atoms with Crippen LogP contribution in [0.5, 0.6) is 0 Å². The van der Waals surface area contributed by atoms with Gasteiger partial charge in [0.1, 0.15) is 0 Å². The van der Waals surface area contributed by atoms with Crippen molar-refractivity contribution in [1.29, 1.82) is 0 Å². The first-order valence-electron chi connectivity index (χ1n) is 6.24. The van der Waals surface area contributed by atoms with Crippen LogP contribution in [0.4, 0.5) is 5.69 Å². The fourth-order valence-corrected chi connectivity index (χ4v) is 2.68. The number of aryl methyl sites for hydroxylation is 1. The van der Waals surface area contributed by atoms with Crippen LogP contribution in [0.25, 0.3) is 10.9 Å². The molecule has 0 aliphatic rings. The summed E-state index contributed by atoms with van der Waals surface area (Å²) < 4.78 is 0. The summed E-state index contributed by atoms with van der Waals surface area (Å²) >= 11 is 6.12. The van der Waals surface area contributed by atoms with Gasteiger partial charge in [-0.3, -0.25) is 4.79 Å². The van der Waals surface area contributed by atoms with Crippen LogP contribution in [-0.4, -0.2) is 10.8 Å². The smallest absolute Gasteiger partial charge is 0.196 e. The second kappa shape index (κ2) is 4.69. The quantitative estimate of drug-likeness (QED) is 0.553. The normalized spacial score (nSPS) is 10.9. The van der Waals surface area contributed by atoms with Crippen molar-refractivity contribution < 1.29 is 4.79 Å². The molecule has 2 aromatic carbocycles. The molecule has 0 atom stereocenters. The highest BCUT2D eigenvalue weighted by molar-refractivity contribution is 6.35. The third kappa shape index (κ3) is 1.96. The summed E-state index contributed by atoms with van der Waals surface area (Å²) in [5.41, 5.74) is 9.29. The van der Waals surface area contributed by atoms with E-state index in [1.807, 2.05) is 25.1 Å². The maximum atomic E-state index is 12.7. The topological polar surface area (TPSA) is 58.9 Å². The van der Waals surface area contributed by atoms with Crippen LogP contribution in [0.3, 0.4) is 0 Å². The lowest BCUT2D eigenvalue weighted by molar-refractivity contribution is 0.104. The van der Waals surface area contributed by atoms with Gasteiger partial charge in [0.15, 0.2) is 5.78 Å². The van der Waals surface area contributed by atoms with E-state index in [0.717, 1.165) is 16.5 Å². The van der Waals surface area contributed by atoms with Gasteiger partial charge in [0.05, 0.1) is 5.02 Å². The van der Waals surface area contributed by atoms with Crippen molar-refractivity contribution >= 4 is 34.0 Å². The number of carbonyl (C=O) groups is 1. The molecule has 0 aliphatic heterocycles. The highest BCUT2D eigenvalue weighted by Gasteiger charge is 2.17. The maximum Gasteiger partial charge on any atom is 0.196 e. The minimum atomic E-state index is -0.101. The number of nitrogens with two attached hydrogens (primary N) is 1. The van der Waals surface area contributed by atoms with Crippen molar-refractivity contribution in [3.05, 3.63) is 64.3 Å². The van der Waals surface area contributed by atoms with Gasteiger partial charge in [-0.25, -0.2) is 0 Å². The van der Waals surface area contributed by atoms with Crippen molar-refractivity contribution in [2.75, 3.05) is 5.73 Å². The average molecular weight is 285 g/mol. The van der Waals surface area contributed by atoms with E-state index in [-0.39, 0.29) is 5.78 Å². The molecule has 0 unspecified atom stereocenters. The molecule has 0 saturated heterocycles. The second-order valence-electron chi connectivity index (χ2n) is 4.77. The number of H-pyrrole nitrogens is 1. The molecule has 0 spiro atoms. The van der Waals surface area contributed by atoms with Crippen LogP contribution in [0.1, 0.15) is 21.5 Å². The number of carbonyl (C=O) groups excluding carboxylic acids is 1. The fraction of sp³-hybridized carbons (Fsp3) is 0.0625. The Morgan fingerprint density at radius 2 is 2.00 bits per heavy atom. The number of halogens is 1. The zero-order valence-electron chi connectivity index (χ0n) is 10.9. The highest BCUT2D eigenvalue weighted by Crippen LogP contribution is 2.27. The summed E-state index contributed by atoms with van der Waals surface area (Å²) in [6.45, 7) is 1.98. The van der Waals surface area contributed by atoms with Crippen molar-refractivity contribution in [2.24, 2.45) is 0 Å². The molecule has 3 rings (SSSR count). The molecular formula is C16H13ClN2O. The lowest BCUT2D eigenvalue weighted by atomic mass is 10.00. The third-order valence-electron chi connectivity index (χ3n) is 3.40. The summed E-state index contributed by atoms with van der Waals surface area (Å²) in [6, 6.07) is 10.8. The lowest BCUT2D eigenvalue weighted by Gasteiger charge is -2.05. The third-order valence-corrected chi connectivity index (χ3v) is 3.71. The Bertz CT molecular complexity index is 820. The van der Waals surface area contributed by atoms with Crippen molar-refractivity contribution in [3.8, 4) is 0 Å². The number of aromatic amines is 1. The number of nitrogen functional groups attached to an aromatic ring is 1. The predicted molar refractivity (Wildman–Crippen MR) is 82.3 cm³/mol. The SMILES string of the molecule is Cc1cccc2[nH]cc(C(=O)c3ccc(N)cc3Cl)c12. The molecule has 0 fully saturated rings. The lowest BCUT2D eigenvalue weighted by Crippen LogP contribution is -2.02. The van der Waals surface area contributed by atoms with Crippen molar-refractivity contribution in [3.63, 3.8) is 0 Å². The molecule has 0 bridgehead atoms. The Morgan fingerprint density at radius 3 is 2.75 bits per heavy atom.